The van der Waals surface area contributed by atoms with E-state index in [1.807, 2.05) is 12.1 Å². The maximum Gasteiger partial charge on any atom is 0.225 e. The number of nitrogens with two attached hydrogens (primary N) is 1. The lowest BCUT2D eigenvalue weighted by atomic mass is 9.93. The maximum absolute atomic E-state index is 12.0. The van der Waals surface area contributed by atoms with Gasteiger partial charge in [0.15, 0.2) is 0 Å². The summed E-state index contributed by atoms with van der Waals surface area (Å²) in [6.45, 7) is 4.12. The van der Waals surface area contributed by atoms with Crippen LogP contribution in [-0.2, 0) is 4.79 Å². The van der Waals surface area contributed by atoms with Gasteiger partial charge in [0, 0.05) is 6.42 Å². The van der Waals surface area contributed by atoms with Gasteiger partial charge in [-0.25, -0.2) is 4.98 Å². The molecule has 2 rings (SSSR count). The molecule has 4 nitrogen and oxygen atoms in total. The van der Waals surface area contributed by atoms with Gasteiger partial charge in [0.2, 0.25) is 5.91 Å². The van der Waals surface area contributed by atoms with E-state index >= 15 is 0 Å². The third kappa shape index (κ3) is 3.57. The van der Waals surface area contributed by atoms with Crippen LogP contribution in [0.5, 0.6) is 0 Å². The van der Waals surface area contributed by atoms with Crippen molar-refractivity contribution >= 4 is 17.4 Å². The fraction of sp³-hybridized carbons (Fsp3) is 0.250. The molecule has 2 aromatic rings. The van der Waals surface area contributed by atoms with Crippen molar-refractivity contribution in [3.63, 3.8) is 0 Å². The summed E-state index contributed by atoms with van der Waals surface area (Å²) in [5.74, 6) is 0.599. The second kappa shape index (κ2) is 6.19. The number of nitrogens with one attached hydrogen (secondary N) is 1. The number of aryl methyl sites for hydroxylation is 1. The third-order valence-electron chi connectivity index (χ3n) is 3.28. The first-order valence-electron chi connectivity index (χ1n) is 6.63. The highest BCUT2D eigenvalue weighted by Gasteiger charge is 2.13. The monoisotopic (exact) mass is 269 g/mol. The topological polar surface area (TPSA) is 68.0 Å². The largest absolute Gasteiger partial charge is 0.384 e. The van der Waals surface area contributed by atoms with Crippen molar-refractivity contribution in [1.82, 2.24) is 4.98 Å². The summed E-state index contributed by atoms with van der Waals surface area (Å²) in [6, 6.07) is 11.6. The molecule has 1 atom stereocenters. The van der Waals surface area contributed by atoms with Crippen LogP contribution in [0.3, 0.4) is 0 Å². The van der Waals surface area contributed by atoms with Crippen molar-refractivity contribution in [1.29, 1.82) is 0 Å². The second-order valence-electron chi connectivity index (χ2n) is 4.98. The van der Waals surface area contributed by atoms with E-state index in [2.05, 4.69) is 36.3 Å². The summed E-state index contributed by atoms with van der Waals surface area (Å²) in [6.07, 6.45) is 2.00. The highest BCUT2D eigenvalue weighted by molar-refractivity contribution is 5.91. The number of hydrogen-bond acceptors (Lipinski definition) is 3. The summed E-state index contributed by atoms with van der Waals surface area (Å²) in [5.41, 5.74) is 8.59. The van der Waals surface area contributed by atoms with Crippen molar-refractivity contribution in [2.75, 3.05) is 11.1 Å². The zero-order chi connectivity index (χ0) is 14.5. The minimum Gasteiger partial charge on any atom is -0.384 e. The van der Waals surface area contributed by atoms with Crippen LogP contribution < -0.4 is 11.1 Å². The smallest absolute Gasteiger partial charge is 0.225 e. The summed E-state index contributed by atoms with van der Waals surface area (Å²) < 4.78 is 0. The molecule has 0 fully saturated rings. The van der Waals surface area contributed by atoms with Crippen LogP contribution in [0.15, 0.2) is 42.6 Å². The van der Waals surface area contributed by atoms with Crippen molar-refractivity contribution in [3.05, 3.63) is 53.7 Å². The van der Waals surface area contributed by atoms with Gasteiger partial charge in [-0.05, 0) is 36.1 Å². The number of nitrogens with zero attached hydrogens (tertiary/aromatic N) is 1. The minimum absolute atomic E-state index is 0.0210. The predicted octanol–water partition coefficient (Wildman–Crippen LogP) is 3.10. The normalized spacial score (nSPS) is 11.9. The minimum atomic E-state index is -0.0210. The Kier molecular flexibility index (Phi) is 4.35. The van der Waals surface area contributed by atoms with E-state index in [9.17, 15) is 4.79 Å². The average molecular weight is 269 g/mol. The van der Waals surface area contributed by atoms with E-state index in [1.165, 1.54) is 11.1 Å². The lowest BCUT2D eigenvalue weighted by Crippen LogP contribution is -2.15. The highest BCUT2D eigenvalue weighted by Crippen LogP contribution is 2.22. The molecule has 0 saturated carbocycles. The zero-order valence-electron chi connectivity index (χ0n) is 11.8. The SMILES string of the molecule is Cc1ccccc1C(C)CC(=O)Nc1ccc(N)nc1. The van der Waals surface area contributed by atoms with Gasteiger partial charge in [0.1, 0.15) is 5.82 Å². The average Bonchev–Trinajstić information content (AvgIpc) is 2.41. The highest BCUT2D eigenvalue weighted by atomic mass is 16.1. The first kappa shape index (κ1) is 14.1. The molecule has 1 amide bonds. The van der Waals surface area contributed by atoms with E-state index < -0.39 is 0 Å². The molecule has 0 spiro atoms. The number of nitrogen functional groups attached to an aromatic ring is 1. The Bertz CT molecular complexity index is 593. The lowest BCUT2D eigenvalue weighted by molar-refractivity contribution is -0.116. The van der Waals surface area contributed by atoms with Gasteiger partial charge >= 0.3 is 0 Å². The van der Waals surface area contributed by atoms with E-state index in [4.69, 9.17) is 5.73 Å². The first-order valence-corrected chi connectivity index (χ1v) is 6.63. The molecule has 104 valence electrons. The molecule has 4 heteroatoms. The molecule has 1 aromatic carbocycles. The molecule has 0 aliphatic carbocycles. The van der Waals surface area contributed by atoms with E-state index in [0.717, 1.165) is 0 Å². The molecule has 1 heterocycles. The number of aromatic nitrogens is 1. The predicted molar refractivity (Wildman–Crippen MR) is 81.5 cm³/mol. The molecular formula is C16H19N3O. The Morgan fingerprint density at radius 2 is 2.05 bits per heavy atom. The van der Waals surface area contributed by atoms with Crippen LogP contribution >= 0.6 is 0 Å². The second-order valence-corrected chi connectivity index (χ2v) is 4.98. The molecule has 0 radical (unpaired) electrons. The van der Waals surface area contributed by atoms with Gasteiger partial charge < -0.3 is 11.1 Å². The molecule has 0 aliphatic rings. The molecular weight excluding hydrogens is 250 g/mol. The van der Waals surface area contributed by atoms with Gasteiger partial charge in [0.25, 0.3) is 0 Å². The molecule has 3 N–H and O–H groups in total. The van der Waals surface area contributed by atoms with Crippen molar-refractivity contribution < 1.29 is 4.79 Å². The molecule has 0 aliphatic heterocycles. The number of rotatable bonds is 4. The first-order chi connectivity index (χ1) is 9.56. The lowest BCUT2D eigenvalue weighted by Gasteiger charge is -2.14. The Labute approximate surface area is 119 Å². The number of benzene rings is 1. The number of carbonyl (C=O) groups is 1. The van der Waals surface area contributed by atoms with E-state index in [-0.39, 0.29) is 11.8 Å². The fourth-order valence-corrected chi connectivity index (χ4v) is 2.22. The van der Waals surface area contributed by atoms with Crippen molar-refractivity contribution in [2.24, 2.45) is 0 Å². The Morgan fingerprint density at radius 3 is 2.70 bits per heavy atom. The Balaban J connectivity index is 1.98. The van der Waals surface area contributed by atoms with Crippen LogP contribution in [0, 0.1) is 6.92 Å². The van der Waals surface area contributed by atoms with E-state index in [0.29, 0.717) is 17.9 Å². The quantitative estimate of drug-likeness (QED) is 0.896. The summed E-state index contributed by atoms with van der Waals surface area (Å²) in [5, 5.41) is 2.83. The third-order valence-corrected chi connectivity index (χ3v) is 3.28. The van der Waals surface area contributed by atoms with Gasteiger partial charge in [-0.15, -0.1) is 0 Å². The van der Waals surface area contributed by atoms with E-state index in [1.54, 1.807) is 18.3 Å². The molecule has 1 aromatic heterocycles. The van der Waals surface area contributed by atoms with Gasteiger partial charge in [-0.1, -0.05) is 31.2 Å². The van der Waals surface area contributed by atoms with Gasteiger partial charge in [-0.2, -0.15) is 0 Å². The molecule has 20 heavy (non-hydrogen) atoms. The van der Waals surface area contributed by atoms with Crippen LogP contribution in [0.2, 0.25) is 0 Å². The zero-order valence-corrected chi connectivity index (χ0v) is 11.8. The Morgan fingerprint density at radius 1 is 1.30 bits per heavy atom. The summed E-state index contributed by atoms with van der Waals surface area (Å²) in [7, 11) is 0. The number of pyridine rings is 1. The summed E-state index contributed by atoms with van der Waals surface area (Å²) >= 11 is 0. The standard InChI is InChI=1S/C16H19N3O/c1-11-5-3-4-6-14(11)12(2)9-16(20)19-13-7-8-15(17)18-10-13/h3-8,10,12H,9H2,1-2H3,(H2,17,18)(H,19,20). The fourth-order valence-electron chi connectivity index (χ4n) is 2.22. The van der Waals surface area contributed by atoms with Crippen molar-refractivity contribution in [3.8, 4) is 0 Å². The number of anilines is 2. The van der Waals surface area contributed by atoms with Gasteiger partial charge in [0.05, 0.1) is 11.9 Å². The van der Waals surface area contributed by atoms with Crippen LogP contribution in [0.1, 0.15) is 30.4 Å². The maximum atomic E-state index is 12.0. The number of amides is 1. The summed E-state index contributed by atoms with van der Waals surface area (Å²) in [4.78, 5) is 16.0. The molecule has 0 saturated heterocycles. The molecule has 1 unspecified atom stereocenters. The van der Waals surface area contributed by atoms with Gasteiger partial charge in [-0.3, -0.25) is 4.79 Å². The van der Waals surface area contributed by atoms with Crippen LogP contribution in [0.25, 0.3) is 0 Å². The Hall–Kier alpha value is -2.36. The number of hydrogen-bond donors (Lipinski definition) is 2. The van der Waals surface area contributed by atoms with Crippen LogP contribution in [-0.4, -0.2) is 10.9 Å². The molecule has 0 bridgehead atoms. The number of carbonyl (C=O) groups excluding carboxylic acids is 1. The van der Waals surface area contributed by atoms with Crippen LogP contribution in [0.4, 0.5) is 11.5 Å². The van der Waals surface area contributed by atoms with Crippen molar-refractivity contribution in [2.45, 2.75) is 26.2 Å².